The van der Waals surface area contributed by atoms with Crippen LogP contribution in [0.5, 0.6) is 0 Å². The topological polar surface area (TPSA) is 71.3 Å². The molecule has 0 aromatic carbocycles. The quantitative estimate of drug-likeness (QED) is 0.834. The highest BCUT2D eigenvalue weighted by Crippen LogP contribution is 2.37. The summed E-state index contributed by atoms with van der Waals surface area (Å²) in [5.74, 6) is -1.11. The van der Waals surface area contributed by atoms with Gasteiger partial charge in [-0.2, -0.15) is 0 Å². The van der Waals surface area contributed by atoms with Gasteiger partial charge in [0, 0.05) is 16.7 Å². The minimum atomic E-state index is -0.990. The van der Waals surface area contributed by atoms with E-state index in [4.69, 9.17) is 0 Å². The Morgan fingerprint density at radius 1 is 1.50 bits per heavy atom. The van der Waals surface area contributed by atoms with Crippen LogP contribution in [0.2, 0.25) is 0 Å². The molecule has 1 aromatic rings. The van der Waals surface area contributed by atoms with Gasteiger partial charge in [-0.1, -0.05) is 13.8 Å². The normalized spacial score (nSPS) is 16.2. The summed E-state index contributed by atoms with van der Waals surface area (Å²) in [5, 5.41) is 11.8. The largest absolute Gasteiger partial charge is 0.480 e. The van der Waals surface area contributed by atoms with E-state index < -0.39 is 12.0 Å². The Bertz CT molecular complexity index is 520. The number of rotatable bonds is 6. The highest BCUT2D eigenvalue weighted by molar-refractivity contribution is 9.10. The van der Waals surface area contributed by atoms with E-state index in [9.17, 15) is 14.7 Å². The van der Waals surface area contributed by atoms with Crippen LogP contribution in [0.1, 0.15) is 49.6 Å². The van der Waals surface area contributed by atoms with Crippen molar-refractivity contribution in [1.82, 2.24) is 9.88 Å². The lowest BCUT2D eigenvalue weighted by Crippen LogP contribution is -2.42. The molecule has 0 radical (unpaired) electrons. The molecule has 5 nitrogen and oxygen atoms in total. The zero-order valence-electron chi connectivity index (χ0n) is 11.6. The Labute approximate surface area is 126 Å². The van der Waals surface area contributed by atoms with E-state index in [2.05, 4.69) is 21.2 Å². The monoisotopic (exact) mass is 342 g/mol. The molecule has 0 spiro atoms. The van der Waals surface area contributed by atoms with Gasteiger partial charge in [0.1, 0.15) is 11.7 Å². The van der Waals surface area contributed by atoms with Gasteiger partial charge in [-0.05, 0) is 47.2 Å². The Balaban J connectivity index is 2.12. The van der Waals surface area contributed by atoms with Crippen molar-refractivity contribution in [3.8, 4) is 0 Å². The summed E-state index contributed by atoms with van der Waals surface area (Å²) in [6, 6.07) is 1.27. The number of hydrogen-bond acceptors (Lipinski definition) is 2. The first kappa shape index (κ1) is 15.1. The highest BCUT2D eigenvalue weighted by atomic mass is 79.9. The average molecular weight is 343 g/mol. The van der Waals surface area contributed by atoms with Gasteiger partial charge in [-0.25, -0.2) is 4.79 Å². The number of aliphatic carboxylic acids is 1. The molecular formula is C14H19BrN2O3. The first-order valence-electron chi connectivity index (χ1n) is 6.79. The van der Waals surface area contributed by atoms with Gasteiger partial charge in [0.2, 0.25) is 0 Å². The molecule has 20 heavy (non-hydrogen) atoms. The van der Waals surface area contributed by atoms with E-state index in [1.165, 1.54) is 0 Å². The molecule has 0 aliphatic heterocycles. The first-order chi connectivity index (χ1) is 9.38. The number of hydrogen-bond donors (Lipinski definition) is 2. The fourth-order valence-corrected chi connectivity index (χ4v) is 2.64. The molecule has 1 aromatic heterocycles. The molecule has 1 amide bonds. The van der Waals surface area contributed by atoms with Gasteiger partial charge >= 0.3 is 5.97 Å². The summed E-state index contributed by atoms with van der Waals surface area (Å²) in [5.41, 5.74) is 0.523. The third-order valence-electron chi connectivity index (χ3n) is 3.30. The Morgan fingerprint density at radius 2 is 2.15 bits per heavy atom. The fourth-order valence-electron chi connectivity index (χ4n) is 2.21. The molecule has 0 saturated heterocycles. The van der Waals surface area contributed by atoms with Crippen LogP contribution in [-0.4, -0.2) is 27.6 Å². The van der Waals surface area contributed by atoms with Crippen LogP contribution in [0, 0.1) is 5.92 Å². The SMILES string of the molecule is CC(C)C[C@@H](NC(=O)c1cc(Br)cn1C1CC1)C(=O)O. The van der Waals surface area contributed by atoms with Crippen molar-refractivity contribution in [3.63, 3.8) is 0 Å². The lowest BCUT2D eigenvalue weighted by atomic mass is 10.0. The Kier molecular flexibility index (Phi) is 4.52. The highest BCUT2D eigenvalue weighted by Gasteiger charge is 2.29. The molecule has 0 bridgehead atoms. The number of carboxylic acids is 1. The molecular weight excluding hydrogens is 324 g/mol. The predicted octanol–water partition coefficient (Wildman–Crippen LogP) is 2.81. The fraction of sp³-hybridized carbons (Fsp3) is 0.571. The van der Waals surface area contributed by atoms with Crippen LogP contribution in [0.25, 0.3) is 0 Å². The standard InChI is InChI=1S/C14H19BrN2O3/c1-8(2)5-11(14(19)20)16-13(18)12-6-9(15)7-17(12)10-3-4-10/h6-8,10-11H,3-5H2,1-2H3,(H,16,18)(H,19,20)/t11-/m1/s1. The number of carbonyl (C=O) groups excluding carboxylic acids is 1. The van der Waals surface area contributed by atoms with E-state index in [0.717, 1.165) is 17.3 Å². The summed E-state index contributed by atoms with van der Waals surface area (Å²) < 4.78 is 2.76. The second-order valence-corrected chi connectivity index (χ2v) is 6.59. The number of amides is 1. The lowest BCUT2D eigenvalue weighted by Gasteiger charge is -2.17. The van der Waals surface area contributed by atoms with Gasteiger partial charge in [-0.3, -0.25) is 4.79 Å². The van der Waals surface area contributed by atoms with Crippen LogP contribution in [0.15, 0.2) is 16.7 Å². The van der Waals surface area contributed by atoms with Gasteiger partial charge in [0.05, 0.1) is 0 Å². The number of nitrogens with one attached hydrogen (secondary N) is 1. The van der Waals surface area contributed by atoms with Crippen LogP contribution >= 0.6 is 15.9 Å². The molecule has 1 fully saturated rings. The summed E-state index contributed by atoms with van der Waals surface area (Å²) in [6.45, 7) is 3.87. The van der Waals surface area contributed by atoms with Gasteiger partial charge in [0.25, 0.3) is 5.91 Å². The van der Waals surface area contributed by atoms with Gasteiger partial charge < -0.3 is 15.0 Å². The van der Waals surface area contributed by atoms with Crippen molar-refractivity contribution in [2.75, 3.05) is 0 Å². The third kappa shape index (κ3) is 3.62. The average Bonchev–Trinajstić information content (AvgIpc) is 3.10. The first-order valence-corrected chi connectivity index (χ1v) is 7.58. The summed E-state index contributed by atoms with van der Waals surface area (Å²) in [6.07, 6.45) is 4.43. The minimum absolute atomic E-state index is 0.207. The number of halogens is 1. The maximum absolute atomic E-state index is 12.3. The molecule has 110 valence electrons. The summed E-state index contributed by atoms with van der Waals surface area (Å²) >= 11 is 3.37. The molecule has 6 heteroatoms. The Morgan fingerprint density at radius 3 is 2.65 bits per heavy atom. The van der Waals surface area contributed by atoms with Crippen molar-refractivity contribution in [1.29, 1.82) is 0 Å². The van der Waals surface area contributed by atoms with Crippen molar-refractivity contribution in [3.05, 3.63) is 22.4 Å². The molecule has 1 aliphatic carbocycles. The van der Waals surface area contributed by atoms with Crippen molar-refractivity contribution in [2.24, 2.45) is 5.92 Å². The second-order valence-electron chi connectivity index (χ2n) is 5.68. The van der Waals surface area contributed by atoms with Crippen LogP contribution in [0.3, 0.4) is 0 Å². The number of nitrogens with zero attached hydrogens (tertiary/aromatic N) is 1. The van der Waals surface area contributed by atoms with E-state index in [1.54, 1.807) is 6.07 Å². The van der Waals surface area contributed by atoms with Crippen LogP contribution in [-0.2, 0) is 4.79 Å². The molecule has 1 aliphatic rings. The number of carboxylic acid groups (broad SMARTS) is 1. The molecule has 1 heterocycles. The van der Waals surface area contributed by atoms with Crippen LogP contribution in [0.4, 0.5) is 0 Å². The Hall–Kier alpha value is -1.30. The predicted molar refractivity (Wildman–Crippen MR) is 78.7 cm³/mol. The molecule has 2 rings (SSSR count). The van der Waals surface area contributed by atoms with Crippen molar-refractivity contribution in [2.45, 2.75) is 45.2 Å². The number of aromatic nitrogens is 1. The van der Waals surface area contributed by atoms with Crippen molar-refractivity contribution < 1.29 is 14.7 Å². The van der Waals surface area contributed by atoms with E-state index in [-0.39, 0.29) is 11.8 Å². The zero-order chi connectivity index (χ0) is 14.9. The smallest absolute Gasteiger partial charge is 0.326 e. The summed E-state index contributed by atoms with van der Waals surface area (Å²) in [4.78, 5) is 23.5. The van der Waals surface area contributed by atoms with E-state index in [1.807, 2.05) is 24.6 Å². The van der Waals surface area contributed by atoms with Crippen molar-refractivity contribution >= 4 is 27.8 Å². The lowest BCUT2D eigenvalue weighted by molar-refractivity contribution is -0.139. The van der Waals surface area contributed by atoms with E-state index >= 15 is 0 Å². The van der Waals surface area contributed by atoms with Gasteiger partial charge in [-0.15, -0.1) is 0 Å². The third-order valence-corrected chi connectivity index (χ3v) is 3.73. The maximum atomic E-state index is 12.3. The van der Waals surface area contributed by atoms with Crippen LogP contribution < -0.4 is 5.32 Å². The molecule has 0 unspecified atom stereocenters. The molecule has 1 saturated carbocycles. The summed E-state index contributed by atoms with van der Waals surface area (Å²) in [7, 11) is 0. The minimum Gasteiger partial charge on any atom is -0.480 e. The maximum Gasteiger partial charge on any atom is 0.326 e. The van der Waals surface area contributed by atoms with E-state index in [0.29, 0.717) is 18.2 Å². The second kappa shape index (κ2) is 5.99. The molecule has 1 atom stereocenters. The zero-order valence-corrected chi connectivity index (χ0v) is 13.2. The number of carbonyl (C=O) groups is 2. The molecule has 2 N–H and O–H groups in total. The van der Waals surface area contributed by atoms with Gasteiger partial charge in [0.15, 0.2) is 0 Å².